The zero-order valence-corrected chi connectivity index (χ0v) is 19.4. The van der Waals surface area contributed by atoms with Crippen LogP contribution >= 0.6 is 22.9 Å². The molecule has 4 rings (SSSR count). The zero-order chi connectivity index (χ0) is 23.6. The lowest BCUT2D eigenvalue weighted by Gasteiger charge is -2.32. The van der Waals surface area contributed by atoms with Gasteiger partial charge in [0.1, 0.15) is 5.82 Å². The molecule has 0 atom stereocenters. The lowest BCUT2D eigenvalue weighted by molar-refractivity contribution is -0.137. The first-order chi connectivity index (χ1) is 15.7. The van der Waals surface area contributed by atoms with Crippen LogP contribution in [0, 0.1) is 12.8 Å². The van der Waals surface area contributed by atoms with E-state index in [1.807, 2.05) is 41.5 Å². The van der Waals surface area contributed by atoms with Crippen LogP contribution in [0.25, 0.3) is 11.3 Å². The number of carbonyl (C=O) groups excluding carboxylic acids is 1. The Morgan fingerprint density at radius 3 is 2.52 bits per heavy atom. The normalized spacial score (nSPS) is 15.0. The summed E-state index contributed by atoms with van der Waals surface area (Å²) in [6.45, 7) is 3.40. The minimum Gasteiger partial charge on any atom is -0.355 e. The van der Waals surface area contributed by atoms with Crippen LogP contribution in [0.2, 0.25) is 5.02 Å². The third kappa shape index (κ3) is 5.65. The molecule has 0 saturated carbocycles. The number of halogens is 4. The number of piperidine rings is 1. The molecule has 174 valence electrons. The number of pyridine rings is 1. The van der Waals surface area contributed by atoms with E-state index in [0.29, 0.717) is 38.3 Å². The second kappa shape index (κ2) is 9.69. The van der Waals surface area contributed by atoms with Crippen LogP contribution in [0.4, 0.5) is 19.0 Å². The van der Waals surface area contributed by atoms with Gasteiger partial charge in [-0.3, -0.25) is 4.79 Å². The molecule has 2 aromatic heterocycles. The summed E-state index contributed by atoms with van der Waals surface area (Å²) >= 11 is 7.66. The van der Waals surface area contributed by atoms with Gasteiger partial charge in [0, 0.05) is 42.7 Å². The van der Waals surface area contributed by atoms with Gasteiger partial charge in [0.2, 0.25) is 5.91 Å². The molecule has 1 amide bonds. The van der Waals surface area contributed by atoms with Crippen molar-refractivity contribution in [3.63, 3.8) is 0 Å². The summed E-state index contributed by atoms with van der Waals surface area (Å²) < 4.78 is 38.4. The average molecular weight is 495 g/mol. The molecule has 0 aliphatic carbocycles. The van der Waals surface area contributed by atoms with Gasteiger partial charge in [-0.05, 0) is 31.4 Å². The number of carbonyl (C=O) groups is 1. The van der Waals surface area contributed by atoms with Gasteiger partial charge in [-0.2, -0.15) is 13.2 Å². The molecule has 1 fully saturated rings. The van der Waals surface area contributed by atoms with Gasteiger partial charge < -0.3 is 10.2 Å². The molecule has 10 heteroatoms. The highest BCUT2D eigenvalue weighted by atomic mass is 35.5. The van der Waals surface area contributed by atoms with E-state index in [9.17, 15) is 18.0 Å². The lowest BCUT2D eigenvalue weighted by Crippen LogP contribution is -2.40. The van der Waals surface area contributed by atoms with Crippen molar-refractivity contribution in [2.24, 2.45) is 5.92 Å². The number of aromatic nitrogens is 2. The number of benzene rings is 1. The van der Waals surface area contributed by atoms with Crippen molar-refractivity contribution in [2.45, 2.75) is 32.5 Å². The summed E-state index contributed by atoms with van der Waals surface area (Å²) in [6.07, 6.45) is -2.54. The average Bonchev–Trinajstić information content (AvgIpc) is 3.23. The van der Waals surface area contributed by atoms with Crippen molar-refractivity contribution in [1.82, 2.24) is 15.3 Å². The number of nitrogens with one attached hydrogen (secondary N) is 1. The first-order valence-corrected chi connectivity index (χ1v) is 11.7. The van der Waals surface area contributed by atoms with Gasteiger partial charge in [0.25, 0.3) is 0 Å². The summed E-state index contributed by atoms with van der Waals surface area (Å²) in [7, 11) is 0. The summed E-state index contributed by atoms with van der Waals surface area (Å²) in [5.41, 5.74) is 2.11. The molecule has 0 unspecified atom stereocenters. The molecule has 33 heavy (non-hydrogen) atoms. The van der Waals surface area contributed by atoms with Crippen LogP contribution in [0.3, 0.4) is 0 Å². The summed E-state index contributed by atoms with van der Waals surface area (Å²) in [5.74, 6) is 0.131. The third-order valence-electron chi connectivity index (χ3n) is 5.65. The second-order valence-electron chi connectivity index (χ2n) is 7.95. The first kappa shape index (κ1) is 23.5. The SMILES string of the molecule is Cc1nc(-c2ccc(CNC(=O)C3CCN(c4ncc(C(F)(F)F)cc4Cl)CC3)cc2)cs1. The van der Waals surface area contributed by atoms with Crippen molar-refractivity contribution >= 4 is 34.7 Å². The highest BCUT2D eigenvalue weighted by Crippen LogP contribution is 2.34. The zero-order valence-electron chi connectivity index (χ0n) is 17.8. The summed E-state index contributed by atoms with van der Waals surface area (Å²) in [4.78, 5) is 22.8. The summed E-state index contributed by atoms with van der Waals surface area (Å²) in [5, 5.41) is 5.98. The van der Waals surface area contributed by atoms with E-state index in [0.717, 1.165) is 34.1 Å². The largest absolute Gasteiger partial charge is 0.417 e. The molecule has 0 bridgehead atoms. The molecule has 5 nitrogen and oxygen atoms in total. The van der Waals surface area contributed by atoms with E-state index in [1.165, 1.54) is 0 Å². The molecule has 3 heterocycles. The molecule has 1 aromatic carbocycles. The molecule has 1 saturated heterocycles. The Morgan fingerprint density at radius 1 is 1.24 bits per heavy atom. The van der Waals surface area contributed by atoms with Crippen molar-refractivity contribution in [3.8, 4) is 11.3 Å². The fourth-order valence-corrected chi connectivity index (χ4v) is 4.70. The number of alkyl halides is 3. The molecular weight excluding hydrogens is 473 g/mol. The number of hydrogen-bond acceptors (Lipinski definition) is 5. The molecule has 1 aliphatic heterocycles. The molecule has 1 aliphatic rings. The standard InChI is InChI=1S/C23H22ClF3N4OS/c1-14-30-20(13-33-14)16-4-2-15(3-5-16)11-29-22(32)17-6-8-31(9-7-17)21-19(24)10-18(12-28-21)23(25,26)27/h2-5,10,12-13,17H,6-9,11H2,1H3,(H,29,32). The summed E-state index contributed by atoms with van der Waals surface area (Å²) in [6, 6.07) is 8.84. The lowest BCUT2D eigenvalue weighted by atomic mass is 9.95. The van der Waals surface area contributed by atoms with Crippen LogP contribution in [0.5, 0.6) is 0 Å². The quantitative estimate of drug-likeness (QED) is 0.493. The Bertz CT molecular complexity index is 1130. The minimum atomic E-state index is -4.49. The minimum absolute atomic E-state index is 0.0275. The van der Waals surface area contributed by atoms with Crippen LogP contribution in [0.1, 0.15) is 29.0 Å². The fraction of sp³-hybridized carbons (Fsp3) is 0.348. The number of rotatable bonds is 5. The molecule has 0 radical (unpaired) electrons. The van der Waals surface area contributed by atoms with Gasteiger partial charge in [0.05, 0.1) is 21.3 Å². The fourth-order valence-electron chi connectivity index (χ4n) is 3.79. The van der Waals surface area contributed by atoms with Crippen LogP contribution in [0.15, 0.2) is 41.9 Å². The number of nitrogens with zero attached hydrogens (tertiary/aromatic N) is 3. The predicted molar refractivity (Wildman–Crippen MR) is 123 cm³/mol. The highest BCUT2D eigenvalue weighted by molar-refractivity contribution is 7.09. The van der Waals surface area contributed by atoms with E-state index in [1.54, 1.807) is 11.3 Å². The van der Waals surface area contributed by atoms with Crippen molar-refractivity contribution in [2.75, 3.05) is 18.0 Å². The number of aryl methyl sites for hydroxylation is 1. The Labute approximate surface area is 198 Å². The van der Waals surface area contributed by atoms with Crippen LogP contribution in [-0.4, -0.2) is 29.0 Å². The molecule has 0 spiro atoms. The van der Waals surface area contributed by atoms with Gasteiger partial charge in [-0.25, -0.2) is 9.97 Å². The Balaban J connectivity index is 1.28. The molecule has 3 aromatic rings. The highest BCUT2D eigenvalue weighted by Gasteiger charge is 2.33. The third-order valence-corrected chi connectivity index (χ3v) is 6.70. The Hall–Kier alpha value is -2.65. The maximum absolute atomic E-state index is 12.8. The van der Waals surface area contributed by atoms with E-state index >= 15 is 0 Å². The Kier molecular flexibility index (Phi) is 6.90. The van der Waals surface area contributed by atoms with E-state index < -0.39 is 11.7 Å². The van der Waals surface area contributed by atoms with E-state index in [-0.39, 0.29) is 16.8 Å². The maximum atomic E-state index is 12.8. The first-order valence-electron chi connectivity index (χ1n) is 10.5. The number of amides is 1. The van der Waals surface area contributed by atoms with Crippen molar-refractivity contribution in [1.29, 1.82) is 0 Å². The predicted octanol–water partition coefficient (Wildman–Crippen LogP) is 5.72. The van der Waals surface area contributed by atoms with Gasteiger partial charge >= 0.3 is 6.18 Å². The van der Waals surface area contributed by atoms with Crippen molar-refractivity contribution in [3.05, 3.63) is 63.1 Å². The molecule has 1 N–H and O–H groups in total. The smallest absolute Gasteiger partial charge is 0.355 e. The topological polar surface area (TPSA) is 58.1 Å². The van der Waals surface area contributed by atoms with Gasteiger partial charge in [0.15, 0.2) is 0 Å². The van der Waals surface area contributed by atoms with Gasteiger partial charge in [-0.15, -0.1) is 11.3 Å². The van der Waals surface area contributed by atoms with Crippen molar-refractivity contribution < 1.29 is 18.0 Å². The van der Waals surface area contributed by atoms with Crippen LogP contribution < -0.4 is 10.2 Å². The Morgan fingerprint density at radius 2 is 1.94 bits per heavy atom. The van der Waals surface area contributed by atoms with Gasteiger partial charge in [-0.1, -0.05) is 35.9 Å². The number of anilines is 1. The number of hydrogen-bond donors (Lipinski definition) is 1. The second-order valence-corrected chi connectivity index (χ2v) is 9.42. The number of thiazole rings is 1. The van der Waals surface area contributed by atoms with Crippen LogP contribution in [-0.2, 0) is 17.5 Å². The monoisotopic (exact) mass is 494 g/mol. The van der Waals surface area contributed by atoms with E-state index in [4.69, 9.17) is 11.6 Å². The maximum Gasteiger partial charge on any atom is 0.417 e. The van der Waals surface area contributed by atoms with E-state index in [2.05, 4.69) is 15.3 Å². The molecular formula is C23H22ClF3N4OS.